The van der Waals surface area contributed by atoms with Crippen LogP contribution in [0.1, 0.15) is 0 Å². The second kappa shape index (κ2) is 3.89. The lowest BCUT2D eigenvalue weighted by Gasteiger charge is -2.30. The van der Waals surface area contributed by atoms with Gasteiger partial charge in [-0.25, -0.2) is 4.79 Å². The molecule has 2 N–H and O–H groups in total. The third-order valence-electron chi connectivity index (χ3n) is 3.03. The summed E-state index contributed by atoms with van der Waals surface area (Å²) in [6.45, 7) is 0.721. The second-order valence-electron chi connectivity index (χ2n) is 4.02. The van der Waals surface area contributed by atoms with Crippen LogP contribution in [0.25, 0.3) is 0 Å². The molecule has 90 valence electrons. The highest BCUT2D eigenvalue weighted by Crippen LogP contribution is 2.39. The molecular weight excluding hydrogens is 288 g/mol. The van der Waals surface area contributed by atoms with Gasteiger partial charge in [-0.3, -0.25) is 4.90 Å². The number of hydrogen-bond donors (Lipinski definition) is 1. The van der Waals surface area contributed by atoms with Crippen LogP contribution in [0, 0.1) is 0 Å². The average Bonchev–Trinajstić information content (AvgIpc) is 2.66. The first-order valence-corrected chi connectivity index (χ1v) is 6.12. The summed E-state index contributed by atoms with van der Waals surface area (Å²) in [6.07, 6.45) is -0.642. The summed E-state index contributed by atoms with van der Waals surface area (Å²) in [6, 6.07) is 5.43. The van der Waals surface area contributed by atoms with Crippen molar-refractivity contribution in [2.45, 2.75) is 12.1 Å². The molecule has 1 aromatic carbocycles. The van der Waals surface area contributed by atoms with Gasteiger partial charge >= 0.3 is 6.09 Å². The number of ether oxygens (including phenoxy) is 2. The molecule has 2 heterocycles. The van der Waals surface area contributed by atoms with Crippen molar-refractivity contribution in [2.24, 2.45) is 5.73 Å². The zero-order valence-electron chi connectivity index (χ0n) is 8.93. The van der Waals surface area contributed by atoms with Crippen molar-refractivity contribution in [1.29, 1.82) is 0 Å². The smallest absolute Gasteiger partial charge is 0.415 e. The van der Waals surface area contributed by atoms with E-state index in [-0.39, 0.29) is 18.2 Å². The van der Waals surface area contributed by atoms with Crippen molar-refractivity contribution in [3.8, 4) is 5.75 Å². The molecule has 5 nitrogen and oxygen atoms in total. The number of nitrogens with two attached hydrogens (primary N) is 1. The van der Waals surface area contributed by atoms with E-state index in [2.05, 4.69) is 15.9 Å². The van der Waals surface area contributed by atoms with Crippen LogP contribution in [0.3, 0.4) is 0 Å². The zero-order chi connectivity index (χ0) is 12.0. The Kier molecular flexibility index (Phi) is 2.48. The molecule has 0 aliphatic carbocycles. The van der Waals surface area contributed by atoms with Gasteiger partial charge in [0, 0.05) is 11.0 Å². The quantitative estimate of drug-likeness (QED) is 0.853. The van der Waals surface area contributed by atoms with Crippen LogP contribution in [0.15, 0.2) is 22.7 Å². The molecule has 17 heavy (non-hydrogen) atoms. The van der Waals surface area contributed by atoms with Crippen LogP contribution in [0.4, 0.5) is 10.5 Å². The van der Waals surface area contributed by atoms with Crippen LogP contribution < -0.4 is 15.4 Å². The predicted molar refractivity (Wildman–Crippen MR) is 65.2 cm³/mol. The van der Waals surface area contributed by atoms with Crippen LogP contribution in [0.2, 0.25) is 0 Å². The van der Waals surface area contributed by atoms with Gasteiger partial charge in [0.1, 0.15) is 24.5 Å². The Balaban J connectivity index is 2.04. The Bertz CT molecular complexity index is 480. The molecule has 1 amide bonds. The highest BCUT2D eigenvalue weighted by atomic mass is 79.9. The van der Waals surface area contributed by atoms with Crippen LogP contribution in [0.5, 0.6) is 5.75 Å². The van der Waals surface area contributed by atoms with E-state index in [1.165, 1.54) is 0 Å². The molecule has 0 bridgehead atoms. The van der Waals surface area contributed by atoms with E-state index in [1.807, 2.05) is 18.2 Å². The van der Waals surface area contributed by atoms with Crippen molar-refractivity contribution >= 4 is 27.7 Å². The summed E-state index contributed by atoms with van der Waals surface area (Å²) in [7, 11) is 0. The van der Waals surface area contributed by atoms with Gasteiger partial charge in [0.25, 0.3) is 0 Å². The van der Waals surface area contributed by atoms with Crippen molar-refractivity contribution in [3.05, 3.63) is 22.7 Å². The van der Waals surface area contributed by atoms with E-state index in [0.717, 1.165) is 10.2 Å². The maximum Gasteiger partial charge on any atom is 0.415 e. The van der Waals surface area contributed by atoms with Crippen molar-refractivity contribution in [1.82, 2.24) is 0 Å². The molecule has 1 aromatic rings. The number of hydrogen-bond acceptors (Lipinski definition) is 4. The molecule has 0 unspecified atom stereocenters. The molecule has 0 radical (unpaired) electrons. The molecule has 1 saturated heterocycles. The first kappa shape index (κ1) is 10.9. The lowest BCUT2D eigenvalue weighted by molar-refractivity contribution is 0.126. The zero-order valence-corrected chi connectivity index (χ0v) is 10.5. The van der Waals surface area contributed by atoms with Gasteiger partial charge in [0.05, 0.1) is 5.69 Å². The fraction of sp³-hybridized carbons (Fsp3) is 0.364. The van der Waals surface area contributed by atoms with Gasteiger partial charge in [-0.2, -0.15) is 0 Å². The maximum atomic E-state index is 11.8. The van der Waals surface area contributed by atoms with Gasteiger partial charge in [0.15, 0.2) is 0 Å². The Morgan fingerprint density at radius 3 is 3.12 bits per heavy atom. The Morgan fingerprint density at radius 1 is 1.53 bits per heavy atom. The summed E-state index contributed by atoms with van der Waals surface area (Å²) in [5.41, 5.74) is 6.32. The van der Waals surface area contributed by atoms with E-state index in [1.54, 1.807) is 4.90 Å². The van der Waals surface area contributed by atoms with E-state index in [4.69, 9.17) is 15.2 Å². The minimum Gasteiger partial charge on any atom is -0.489 e. The number of benzene rings is 1. The summed E-state index contributed by atoms with van der Waals surface area (Å²) in [5, 5.41) is 0. The third-order valence-corrected chi connectivity index (χ3v) is 3.53. The largest absolute Gasteiger partial charge is 0.489 e. The maximum absolute atomic E-state index is 11.8. The predicted octanol–water partition coefficient (Wildman–Crippen LogP) is 1.49. The van der Waals surface area contributed by atoms with Gasteiger partial charge in [-0.1, -0.05) is 15.9 Å². The number of fused-ring (bicyclic) bond motifs is 3. The van der Waals surface area contributed by atoms with Gasteiger partial charge < -0.3 is 15.2 Å². The number of nitrogens with zero attached hydrogens (tertiary/aromatic N) is 1. The summed E-state index contributed by atoms with van der Waals surface area (Å²) in [5.74, 6) is 0.685. The standard InChI is InChI=1S/C11H11BrN2O3/c12-6-1-2-7-9(3-6)16-5-8-10(4-13)17-11(15)14(7)8/h1-3,8,10H,4-5,13H2/t8-,10-/m0/s1. The van der Waals surface area contributed by atoms with Gasteiger partial charge in [-0.15, -0.1) is 0 Å². The minimum absolute atomic E-state index is 0.124. The molecule has 6 heteroatoms. The molecule has 2 aliphatic heterocycles. The average molecular weight is 299 g/mol. The lowest BCUT2D eigenvalue weighted by Crippen LogP contribution is -2.46. The first-order valence-electron chi connectivity index (χ1n) is 5.33. The minimum atomic E-state index is -0.350. The molecule has 1 fully saturated rings. The number of cyclic esters (lactones) is 1. The molecule has 0 spiro atoms. The number of amides is 1. The number of carbonyl (C=O) groups excluding carboxylic acids is 1. The second-order valence-corrected chi connectivity index (χ2v) is 4.93. The number of rotatable bonds is 1. The molecule has 0 aromatic heterocycles. The molecule has 0 saturated carbocycles. The lowest BCUT2D eigenvalue weighted by atomic mass is 10.1. The SMILES string of the molecule is NC[C@@H]1OC(=O)N2c3ccc(Br)cc3OC[C@@H]12. The molecular formula is C11H11BrN2O3. The Labute approximate surface area is 107 Å². The molecule has 2 atom stereocenters. The van der Waals surface area contributed by atoms with Gasteiger partial charge in [0.2, 0.25) is 0 Å². The van der Waals surface area contributed by atoms with Crippen molar-refractivity contribution in [3.63, 3.8) is 0 Å². The fourth-order valence-electron chi connectivity index (χ4n) is 2.21. The van der Waals surface area contributed by atoms with E-state index < -0.39 is 0 Å². The highest BCUT2D eigenvalue weighted by molar-refractivity contribution is 9.10. The van der Waals surface area contributed by atoms with Crippen molar-refractivity contribution in [2.75, 3.05) is 18.1 Å². The molecule has 3 rings (SSSR count). The summed E-state index contributed by atoms with van der Waals surface area (Å²) < 4.78 is 11.8. The Morgan fingerprint density at radius 2 is 2.35 bits per heavy atom. The summed E-state index contributed by atoms with van der Waals surface area (Å²) >= 11 is 3.37. The van der Waals surface area contributed by atoms with Crippen LogP contribution in [-0.4, -0.2) is 31.4 Å². The normalized spacial score (nSPS) is 26.0. The van der Waals surface area contributed by atoms with E-state index in [0.29, 0.717) is 18.9 Å². The van der Waals surface area contributed by atoms with Crippen LogP contribution >= 0.6 is 15.9 Å². The first-order chi connectivity index (χ1) is 8.20. The summed E-state index contributed by atoms with van der Waals surface area (Å²) in [4.78, 5) is 13.4. The molecule has 2 aliphatic rings. The third kappa shape index (κ3) is 1.59. The Hall–Kier alpha value is -1.27. The van der Waals surface area contributed by atoms with E-state index >= 15 is 0 Å². The number of carbonyl (C=O) groups is 1. The fourth-order valence-corrected chi connectivity index (χ4v) is 2.55. The number of halogens is 1. The monoisotopic (exact) mass is 298 g/mol. The van der Waals surface area contributed by atoms with Crippen LogP contribution in [-0.2, 0) is 4.74 Å². The number of anilines is 1. The topological polar surface area (TPSA) is 64.8 Å². The van der Waals surface area contributed by atoms with E-state index in [9.17, 15) is 4.79 Å². The highest BCUT2D eigenvalue weighted by Gasteiger charge is 2.45. The van der Waals surface area contributed by atoms with Crippen molar-refractivity contribution < 1.29 is 14.3 Å². The van der Waals surface area contributed by atoms with Gasteiger partial charge in [-0.05, 0) is 18.2 Å².